The summed E-state index contributed by atoms with van der Waals surface area (Å²) in [7, 11) is -2.08. The molecule has 7 nitrogen and oxygen atoms in total. The van der Waals surface area contributed by atoms with Crippen LogP contribution in [0.1, 0.15) is 93.3 Å². The molecule has 256 valence electrons. The van der Waals surface area contributed by atoms with Gasteiger partial charge in [-0.2, -0.15) is 18.2 Å². The van der Waals surface area contributed by atoms with Crippen LogP contribution >= 0.6 is 0 Å². The van der Waals surface area contributed by atoms with E-state index in [1.54, 1.807) is 11.0 Å². The molecule has 1 aliphatic carbocycles. The van der Waals surface area contributed by atoms with Gasteiger partial charge in [0, 0.05) is 24.4 Å². The van der Waals surface area contributed by atoms with Gasteiger partial charge in [0.1, 0.15) is 12.4 Å². The zero-order chi connectivity index (χ0) is 34.6. The molecular formula is C36H48F3N3O4Si. The molecule has 0 bridgehead atoms. The number of ether oxygens (including phenoxy) is 1. The molecule has 0 radical (unpaired) electrons. The fourth-order valence-corrected chi connectivity index (χ4v) is 6.90. The summed E-state index contributed by atoms with van der Waals surface area (Å²) < 4.78 is 53.4. The van der Waals surface area contributed by atoms with Gasteiger partial charge in [-0.3, -0.25) is 4.79 Å². The predicted molar refractivity (Wildman–Crippen MR) is 179 cm³/mol. The van der Waals surface area contributed by atoms with Gasteiger partial charge in [-0.05, 0) is 62.0 Å². The number of aromatic hydroxyl groups is 1. The standard InChI is InChI=1S/C36H48F3N3O4Si/c1-25(2)42(20-21-46-47(6,7)34(3,4)5)33(44)30-31(45-24-26-14-9-8-10-15-26)32(43)41-29(40-30)23-35(18-11-12-19-35)27-16-13-17-28(22-27)36(37,38)39/h8-10,13-17,22,25H,11-12,18-21,23-24H2,1-7H3,(H,40,41,43). The smallest absolute Gasteiger partial charge is 0.416 e. The number of aromatic nitrogens is 2. The van der Waals surface area contributed by atoms with Gasteiger partial charge in [-0.25, -0.2) is 4.98 Å². The molecule has 1 fully saturated rings. The molecule has 1 aromatic heterocycles. The van der Waals surface area contributed by atoms with E-state index in [0.717, 1.165) is 24.5 Å². The second-order valence-corrected chi connectivity index (χ2v) is 19.2. The highest BCUT2D eigenvalue weighted by Gasteiger charge is 2.40. The van der Waals surface area contributed by atoms with E-state index in [0.29, 0.717) is 31.6 Å². The Balaban J connectivity index is 1.71. The normalized spacial score (nSPS) is 15.2. The van der Waals surface area contributed by atoms with Crippen molar-refractivity contribution in [1.29, 1.82) is 0 Å². The molecule has 1 aliphatic rings. The molecule has 47 heavy (non-hydrogen) atoms. The van der Waals surface area contributed by atoms with E-state index in [1.807, 2.05) is 44.2 Å². The van der Waals surface area contributed by atoms with Crippen LogP contribution in [0.15, 0.2) is 54.6 Å². The van der Waals surface area contributed by atoms with Crippen molar-refractivity contribution in [1.82, 2.24) is 14.9 Å². The van der Waals surface area contributed by atoms with Crippen LogP contribution in [-0.2, 0) is 29.0 Å². The maximum Gasteiger partial charge on any atom is 0.416 e. The number of hydrogen-bond donors (Lipinski definition) is 1. The Kier molecular flexibility index (Phi) is 11.1. The zero-order valence-electron chi connectivity index (χ0n) is 28.6. The van der Waals surface area contributed by atoms with Gasteiger partial charge in [-0.1, -0.05) is 82.1 Å². The maximum absolute atomic E-state index is 14.3. The van der Waals surface area contributed by atoms with Gasteiger partial charge in [-0.15, -0.1) is 0 Å². The van der Waals surface area contributed by atoms with Crippen LogP contribution < -0.4 is 4.74 Å². The minimum atomic E-state index is -4.48. The molecule has 1 heterocycles. The third-order valence-electron chi connectivity index (χ3n) is 9.67. The van der Waals surface area contributed by atoms with Gasteiger partial charge < -0.3 is 19.2 Å². The van der Waals surface area contributed by atoms with Crippen molar-refractivity contribution >= 4 is 14.2 Å². The Bertz CT molecular complexity index is 1520. The first-order chi connectivity index (χ1) is 21.9. The Morgan fingerprint density at radius 1 is 1.02 bits per heavy atom. The maximum atomic E-state index is 14.3. The summed E-state index contributed by atoms with van der Waals surface area (Å²) in [6.07, 6.45) is -1.37. The number of nitrogens with zero attached hydrogens (tertiary/aromatic N) is 3. The summed E-state index contributed by atoms with van der Waals surface area (Å²) in [5, 5.41) is 11.3. The highest BCUT2D eigenvalue weighted by atomic mass is 28.4. The molecular weight excluding hydrogens is 623 g/mol. The van der Waals surface area contributed by atoms with Crippen molar-refractivity contribution in [3.05, 3.63) is 82.8 Å². The minimum absolute atomic E-state index is 0.00127. The summed E-state index contributed by atoms with van der Waals surface area (Å²) >= 11 is 0. The number of hydrogen-bond acceptors (Lipinski definition) is 6. The number of amides is 1. The molecule has 1 saturated carbocycles. The van der Waals surface area contributed by atoms with Crippen LogP contribution in [-0.4, -0.2) is 53.4 Å². The molecule has 1 amide bonds. The van der Waals surface area contributed by atoms with Crippen LogP contribution in [0.5, 0.6) is 11.6 Å². The summed E-state index contributed by atoms with van der Waals surface area (Å²) in [6.45, 7) is 15.3. The summed E-state index contributed by atoms with van der Waals surface area (Å²) in [6, 6.07) is 14.5. The third kappa shape index (κ3) is 8.73. The highest BCUT2D eigenvalue weighted by Crippen LogP contribution is 2.45. The van der Waals surface area contributed by atoms with Gasteiger partial charge in [0.15, 0.2) is 14.0 Å². The van der Waals surface area contributed by atoms with Crippen LogP contribution in [0.25, 0.3) is 0 Å². The largest absolute Gasteiger partial charge is 0.491 e. The minimum Gasteiger partial charge on any atom is -0.491 e. The topological polar surface area (TPSA) is 84.8 Å². The van der Waals surface area contributed by atoms with Crippen molar-refractivity contribution in [3.8, 4) is 11.6 Å². The first-order valence-electron chi connectivity index (χ1n) is 16.3. The molecule has 1 N–H and O–H groups in total. The fraction of sp³-hybridized carbons (Fsp3) is 0.528. The summed E-state index contributed by atoms with van der Waals surface area (Å²) in [5.41, 5.74) is -0.0846. The van der Waals surface area contributed by atoms with Crippen LogP contribution in [0.3, 0.4) is 0 Å². The molecule has 3 aromatic rings. The lowest BCUT2D eigenvalue weighted by Gasteiger charge is -2.37. The van der Waals surface area contributed by atoms with Crippen LogP contribution in [0, 0.1) is 0 Å². The lowest BCUT2D eigenvalue weighted by Crippen LogP contribution is -2.45. The van der Waals surface area contributed by atoms with Crippen LogP contribution in [0.2, 0.25) is 18.1 Å². The van der Waals surface area contributed by atoms with Gasteiger partial charge in [0.2, 0.25) is 5.75 Å². The summed E-state index contributed by atoms with van der Waals surface area (Å²) in [4.78, 5) is 25.0. The van der Waals surface area contributed by atoms with E-state index < -0.39 is 37.3 Å². The fourth-order valence-electron chi connectivity index (χ4n) is 5.86. The molecule has 0 spiro atoms. The third-order valence-corrected chi connectivity index (χ3v) is 14.2. The van der Waals surface area contributed by atoms with Crippen molar-refractivity contribution in [3.63, 3.8) is 0 Å². The van der Waals surface area contributed by atoms with E-state index in [9.17, 15) is 23.1 Å². The molecule has 0 atom stereocenters. The van der Waals surface area contributed by atoms with Crippen molar-refractivity contribution in [2.75, 3.05) is 13.2 Å². The average Bonchev–Trinajstić information content (AvgIpc) is 3.47. The van der Waals surface area contributed by atoms with Crippen LogP contribution in [0.4, 0.5) is 13.2 Å². The molecule has 0 saturated heterocycles. The number of benzene rings is 2. The quantitative estimate of drug-likeness (QED) is 0.194. The molecule has 0 unspecified atom stereocenters. The zero-order valence-corrected chi connectivity index (χ0v) is 29.6. The number of carbonyl (C=O) groups excluding carboxylic acids is 1. The van der Waals surface area contributed by atoms with E-state index in [2.05, 4.69) is 38.8 Å². The van der Waals surface area contributed by atoms with E-state index in [1.165, 1.54) is 12.1 Å². The highest BCUT2D eigenvalue weighted by molar-refractivity contribution is 6.74. The van der Waals surface area contributed by atoms with Gasteiger partial charge >= 0.3 is 6.18 Å². The number of halogens is 3. The van der Waals surface area contributed by atoms with Crippen molar-refractivity contribution in [2.24, 2.45) is 0 Å². The molecule has 11 heteroatoms. The Labute approximate surface area is 277 Å². The number of rotatable bonds is 12. The molecule has 0 aliphatic heterocycles. The average molecular weight is 672 g/mol. The number of alkyl halides is 3. The lowest BCUT2D eigenvalue weighted by atomic mass is 9.75. The SMILES string of the molecule is CC(C)N(CCO[Si](C)(C)C(C)(C)C)C(=O)c1nc(CC2(c3cccc(C(F)(F)F)c3)CCCC2)nc(O)c1OCc1ccccc1. The second-order valence-electron chi connectivity index (χ2n) is 14.4. The van der Waals surface area contributed by atoms with Gasteiger partial charge in [0.05, 0.1) is 12.2 Å². The van der Waals surface area contributed by atoms with Crippen molar-refractivity contribution < 1.29 is 32.2 Å². The van der Waals surface area contributed by atoms with E-state index in [4.69, 9.17) is 14.1 Å². The second kappa shape index (κ2) is 14.4. The first kappa shape index (κ1) is 36.4. The first-order valence-corrected chi connectivity index (χ1v) is 19.2. The van der Waals surface area contributed by atoms with Gasteiger partial charge in [0.25, 0.3) is 11.8 Å². The predicted octanol–water partition coefficient (Wildman–Crippen LogP) is 8.71. The molecule has 2 aromatic carbocycles. The monoisotopic (exact) mass is 671 g/mol. The lowest BCUT2D eigenvalue weighted by molar-refractivity contribution is -0.137. The Morgan fingerprint density at radius 3 is 2.28 bits per heavy atom. The van der Waals surface area contributed by atoms with E-state index in [-0.39, 0.29) is 41.4 Å². The Hall–Kier alpha value is -3.44. The molecule has 4 rings (SSSR count). The van der Waals surface area contributed by atoms with E-state index >= 15 is 0 Å². The van der Waals surface area contributed by atoms with Crippen molar-refractivity contribution in [2.45, 2.75) is 109 Å². The Morgan fingerprint density at radius 2 is 1.68 bits per heavy atom. The summed E-state index contributed by atoms with van der Waals surface area (Å²) in [5.74, 6) is -0.871. The number of carbonyl (C=O) groups is 1.